The number of benzene rings is 1. The minimum absolute atomic E-state index is 0.537. The lowest BCUT2D eigenvalue weighted by Crippen LogP contribution is -2.19. The molecule has 0 atom stereocenters. The maximum atomic E-state index is 11.6. The lowest BCUT2D eigenvalue weighted by Gasteiger charge is -2.14. The van der Waals surface area contributed by atoms with Crippen molar-refractivity contribution in [1.82, 2.24) is 0 Å². The van der Waals surface area contributed by atoms with Crippen molar-refractivity contribution in [3.05, 3.63) is 35.4 Å². The molecule has 17 heavy (non-hydrogen) atoms. The van der Waals surface area contributed by atoms with Gasteiger partial charge < -0.3 is 4.90 Å². The SMILES string of the molecule is CN1/C(=C/C(=O)C(Cl)(Cl)Cl)Sc2ccccc21. The summed E-state index contributed by atoms with van der Waals surface area (Å²) >= 11 is 18.1. The summed E-state index contributed by atoms with van der Waals surface area (Å²) in [5, 5.41) is 0.752. The predicted molar refractivity (Wildman–Crippen MR) is 74.1 cm³/mol. The summed E-state index contributed by atoms with van der Waals surface area (Å²) in [6.07, 6.45) is 1.36. The van der Waals surface area contributed by atoms with Crippen LogP contribution in [0, 0.1) is 0 Å². The molecule has 0 bridgehead atoms. The lowest BCUT2D eigenvalue weighted by atomic mass is 10.3. The molecule has 0 saturated heterocycles. The summed E-state index contributed by atoms with van der Waals surface area (Å²) in [5.41, 5.74) is 1.04. The van der Waals surface area contributed by atoms with E-state index in [9.17, 15) is 4.79 Å². The van der Waals surface area contributed by atoms with E-state index in [-0.39, 0.29) is 0 Å². The molecule has 1 aliphatic heterocycles. The Kier molecular flexibility index (Phi) is 3.64. The highest BCUT2D eigenvalue weighted by Gasteiger charge is 2.31. The number of carbonyl (C=O) groups excluding carboxylic acids is 1. The number of halogens is 3. The van der Waals surface area contributed by atoms with Gasteiger partial charge in [-0.1, -0.05) is 58.7 Å². The number of para-hydroxylation sites is 1. The highest BCUT2D eigenvalue weighted by atomic mass is 35.6. The first-order valence-corrected chi connectivity index (χ1v) is 6.68. The average Bonchev–Trinajstić information content (AvgIpc) is 2.55. The molecule has 0 unspecified atom stereocenters. The summed E-state index contributed by atoms with van der Waals surface area (Å²) in [5.74, 6) is -0.537. The molecule has 2 nitrogen and oxygen atoms in total. The number of rotatable bonds is 1. The van der Waals surface area contributed by atoms with E-state index < -0.39 is 9.58 Å². The monoisotopic (exact) mass is 307 g/mol. The van der Waals surface area contributed by atoms with Gasteiger partial charge >= 0.3 is 0 Å². The number of carbonyl (C=O) groups is 1. The predicted octanol–water partition coefficient (Wildman–Crippen LogP) is 4.01. The molecule has 6 heteroatoms. The number of hydrogen-bond donors (Lipinski definition) is 0. The van der Waals surface area contributed by atoms with Crippen LogP contribution in [0.1, 0.15) is 0 Å². The van der Waals surface area contributed by atoms with Crippen molar-refractivity contribution in [1.29, 1.82) is 0 Å². The van der Waals surface area contributed by atoms with Crippen LogP contribution in [-0.2, 0) is 4.79 Å². The van der Waals surface area contributed by atoms with Crippen LogP contribution in [0.5, 0.6) is 0 Å². The Labute approximate surface area is 119 Å². The van der Waals surface area contributed by atoms with Gasteiger partial charge in [0.05, 0.1) is 10.7 Å². The Morgan fingerprint density at radius 2 is 2.00 bits per heavy atom. The Bertz CT molecular complexity index is 496. The number of ketones is 1. The number of hydrogen-bond acceptors (Lipinski definition) is 3. The standard InChI is InChI=1S/C11H8Cl3NOS/c1-15-7-4-2-3-5-8(7)17-10(15)6-9(16)11(12,13)14/h2-6H,1H3/b10-6-. The van der Waals surface area contributed by atoms with E-state index in [1.807, 2.05) is 36.2 Å². The molecule has 0 fully saturated rings. The van der Waals surface area contributed by atoms with Crippen molar-refractivity contribution in [3.8, 4) is 0 Å². The molecule has 2 rings (SSSR count). The number of allylic oxidation sites excluding steroid dienone is 1. The smallest absolute Gasteiger partial charge is 0.252 e. The summed E-state index contributed by atoms with van der Waals surface area (Å²) in [7, 11) is 1.87. The van der Waals surface area contributed by atoms with Crippen molar-refractivity contribution in [2.45, 2.75) is 8.69 Å². The van der Waals surface area contributed by atoms with Crippen LogP contribution in [0.15, 0.2) is 40.3 Å². The van der Waals surface area contributed by atoms with Gasteiger partial charge in [-0.25, -0.2) is 0 Å². The zero-order valence-corrected chi connectivity index (χ0v) is 11.9. The second-order valence-electron chi connectivity index (χ2n) is 3.47. The average molecular weight is 309 g/mol. The fraction of sp³-hybridized carbons (Fsp3) is 0.182. The molecule has 0 N–H and O–H groups in total. The van der Waals surface area contributed by atoms with Crippen LogP contribution in [0.4, 0.5) is 5.69 Å². The van der Waals surface area contributed by atoms with Crippen LogP contribution in [0.3, 0.4) is 0 Å². The molecule has 1 aliphatic rings. The minimum Gasteiger partial charge on any atom is -0.338 e. The third-order valence-electron chi connectivity index (χ3n) is 2.31. The first-order valence-electron chi connectivity index (χ1n) is 4.73. The molecule has 0 aliphatic carbocycles. The number of nitrogens with zero attached hydrogens (tertiary/aromatic N) is 1. The zero-order valence-electron chi connectivity index (χ0n) is 8.78. The molecule has 0 saturated carbocycles. The fourth-order valence-corrected chi connectivity index (χ4v) is 2.69. The van der Waals surface area contributed by atoms with Gasteiger partial charge in [0, 0.05) is 18.0 Å². The maximum absolute atomic E-state index is 11.6. The van der Waals surface area contributed by atoms with Gasteiger partial charge in [-0.2, -0.15) is 0 Å². The quantitative estimate of drug-likeness (QED) is 0.577. The largest absolute Gasteiger partial charge is 0.338 e. The van der Waals surface area contributed by atoms with Crippen molar-refractivity contribution < 1.29 is 4.79 Å². The van der Waals surface area contributed by atoms with Crippen molar-refractivity contribution in [3.63, 3.8) is 0 Å². The van der Waals surface area contributed by atoms with Crippen LogP contribution in [0.2, 0.25) is 0 Å². The molecule has 1 aromatic rings. The molecule has 0 amide bonds. The van der Waals surface area contributed by atoms with E-state index in [1.165, 1.54) is 17.8 Å². The number of alkyl halides is 3. The minimum atomic E-state index is -1.90. The van der Waals surface area contributed by atoms with Gasteiger partial charge in [0.2, 0.25) is 5.78 Å². The molecule has 0 radical (unpaired) electrons. The Morgan fingerprint density at radius 3 is 2.59 bits per heavy atom. The van der Waals surface area contributed by atoms with Crippen molar-refractivity contribution in [2.75, 3.05) is 11.9 Å². The van der Waals surface area contributed by atoms with E-state index in [4.69, 9.17) is 34.8 Å². The number of fused-ring (bicyclic) bond motifs is 1. The zero-order chi connectivity index (χ0) is 12.6. The Balaban J connectivity index is 2.29. The molecule has 0 spiro atoms. The highest BCUT2D eigenvalue weighted by molar-refractivity contribution is 8.03. The normalized spacial score (nSPS) is 17.4. The maximum Gasteiger partial charge on any atom is 0.252 e. The summed E-state index contributed by atoms with van der Waals surface area (Å²) in [6.45, 7) is 0. The molecule has 1 aromatic carbocycles. The third kappa shape index (κ3) is 2.74. The summed E-state index contributed by atoms with van der Waals surface area (Å²) in [6, 6.07) is 7.84. The van der Waals surface area contributed by atoms with Gasteiger partial charge in [0.15, 0.2) is 0 Å². The molecular formula is C11H8Cl3NOS. The van der Waals surface area contributed by atoms with Crippen LogP contribution >= 0.6 is 46.6 Å². The summed E-state index contributed by atoms with van der Waals surface area (Å²) < 4.78 is -1.90. The van der Waals surface area contributed by atoms with Gasteiger partial charge in [-0.05, 0) is 12.1 Å². The Morgan fingerprint density at radius 1 is 1.35 bits per heavy atom. The topological polar surface area (TPSA) is 20.3 Å². The second-order valence-corrected chi connectivity index (χ2v) is 6.82. The Hall–Kier alpha value is -0.350. The van der Waals surface area contributed by atoms with Crippen LogP contribution in [-0.4, -0.2) is 16.6 Å². The molecule has 90 valence electrons. The van der Waals surface area contributed by atoms with Crippen LogP contribution in [0.25, 0.3) is 0 Å². The first kappa shape index (κ1) is 13.1. The van der Waals surface area contributed by atoms with Crippen molar-refractivity contribution in [2.24, 2.45) is 0 Å². The first-order chi connectivity index (χ1) is 7.89. The molecule has 0 aromatic heterocycles. The van der Waals surface area contributed by atoms with E-state index in [1.54, 1.807) is 0 Å². The van der Waals surface area contributed by atoms with Crippen molar-refractivity contribution >= 4 is 58.0 Å². The van der Waals surface area contributed by atoms with Crippen LogP contribution < -0.4 is 4.90 Å². The van der Waals surface area contributed by atoms with E-state index in [2.05, 4.69) is 0 Å². The van der Waals surface area contributed by atoms with Gasteiger partial charge in [-0.15, -0.1) is 0 Å². The van der Waals surface area contributed by atoms with E-state index >= 15 is 0 Å². The van der Waals surface area contributed by atoms with Gasteiger partial charge in [-0.3, -0.25) is 4.79 Å². The van der Waals surface area contributed by atoms with E-state index in [0.29, 0.717) is 0 Å². The summed E-state index contributed by atoms with van der Waals surface area (Å²) in [4.78, 5) is 14.6. The van der Waals surface area contributed by atoms with Gasteiger partial charge in [0.25, 0.3) is 3.79 Å². The second kappa shape index (κ2) is 4.73. The number of anilines is 1. The van der Waals surface area contributed by atoms with Gasteiger partial charge in [0.1, 0.15) is 0 Å². The molecule has 1 heterocycles. The highest BCUT2D eigenvalue weighted by Crippen LogP contribution is 2.45. The third-order valence-corrected chi connectivity index (χ3v) is 4.03. The number of thioether (sulfide) groups is 1. The molecular weight excluding hydrogens is 301 g/mol. The fourth-order valence-electron chi connectivity index (χ4n) is 1.44. The lowest BCUT2D eigenvalue weighted by molar-refractivity contribution is -0.113. The van der Waals surface area contributed by atoms with E-state index in [0.717, 1.165) is 15.6 Å².